The molecule has 0 aromatic carbocycles. The average Bonchev–Trinajstić information content (AvgIpc) is 2.29. The van der Waals surface area contributed by atoms with Crippen molar-refractivity contribution in [3.8, 4) is 0 Å². The monoisotopic (exact) mass is 242 g/mol. The SMILES string of the molecule is CC1(C)C(O)CC1NC(=O)C1(N)CCOCC1. The van der Waals surface area contributed by atoms with Crippen LogP contribution in [-0.4, -0.2) is 41.9 Å². The first-order chi connectivity index (χ1) is 7.86. The minimum atomic E-state index is -0.797. The van der Waals surface area contributed by atoms with Gasteiger partial charge in [-0.1, -0.05) is 13.8 Å². The van der Waals surface area contributed by atoms with Crippen molar-refractivity contribution in [2.75, 3.05) is 13.2 Å². The molecular weight excluding hydrogens is 220 g/mol. The van der Waals surface area contributed by atoms with Gasteiger partial charge in [0.05, 0.1) is 11.6 Å². The van der Waals surface area contributed by atoms with E-state index in [1.54, 1.807) is 0 Å². The highest BCUT2D eigenvalue weighted by Crippen LogP contribution is 2.40. The van der Waals surface area contributed by atoms with E-state index in [2.05, 4.69) is 5.32 Å². The molecule has 0 aromatic heterocycles. The van der Waals surface area contributed by atoms with Crippen LogP contribution in [0.1, 0.15) is 33.1 Å². The molecule has 0 spiro atoms. The fourth-order valence-corrected chi connectivity index (χ4v) is 2.41. The summed E-state index contributed by atoms with van der Waals surface area (Å²) in [6.45, 7) is 5.00. The van der Waals surface area contributed by atoms with Gasteiger partial charge in [0.2, 0.25) is 5.91 Å². The molecule has 1 saturated heterocycles. The van der Waals surface area contributed by atoms with E-state index >= 15 is 0 Å². The number of hydrogen-bond donors (Lipinski definition) is 3. The van der Waals surface area contributed by atoms with E-state index in [1.807, 2.05) is 13.8 Å². The summed E-state index contributed by atoms with van der Waals surface area (Å²) < 4.78 is 5.22. The van der Waals surface area contributed by atoms with Crippen LogP contribution < -0.4 is 11.1 Å². The first-order valence-corrected chi connectivity index (χ1v) is 6.22. The Balaban J connectivity index is 1.93. The fourth-order valence-electron chi connectivity index (χ4n) is 2.41. The van der Waals surface area contributed by atoms with E-state index in [0.717, 1.165) is 0 Å². The Morgan fingerprint density at radius 3 is 2.47 bits per heavy atom. The second kappa shape index (κ2) is 4.23. The number of amides is 1. The third kappa shape index (κ3) is 2.19. The fraction of sp³-hybridized carbons (Fsp3) is 0.917. The van der Waals surface area contributed by atoms with Crippen molar-refractivity contribution in [2.24, 2.45) is 11.1 Å². The molecule has 17 heavy (non-hydrogen) atoms. The van der Waals surface area contributed by atoms with Gasteiger partial charge in [0.1, 0.15) is 0 Å². The molecule has 2 unspecified atom stereocenters. The topological polar surface area (TPSA) is 84.6 Å². The molecule has 1 amide bonds. The number of nitrogens with two attached hydrogens (primary N) is 1. The largest absolute Gasteiger partial charge is 0.392 e. The van der Waals surface area contributed by atoms with Gasteiger partial charge in [-0.15, -0.1) is 0 Å². The molecule has 2 fully saturated rings. The van der Waals surface area contributed by atoms with Gasteiger partial charge in [0, 0.05) is 24.7 Å². The summed E-state index contributed by atoms with van der Waals surface area (Å²) in [5.41, 5.74) is 5.05. The quantitative estimate of drug-likeness (QED) is 0.624. The zero-order valence-electron chi connectivity index (χ0n) is 10.5. The van der Waals surface area contributed by atoms with Crippen LogP contribution in [0.3, 0.4) is 0 Å². The zero-order chi connectivity index (χ0) is 12.7. The molecule has 0 bridgehead atoms. The molecule has 5 heteroatoms. The van der Waals surface area contributed by atoms with Gasteiger partial charge in [-0.05, 0) is 19.3 Å². The third-order valence-corrected chi connectivity index (χ3v) is 4.36. The van der Waals surface area contributed by atoms with Gasteiger partial charge in [0.15, 0.2) is 0 Å². The van der Waals surface area contributed by atoms with E-state index in [9.17, 15) is 9.90 Å². The maximum Gasteiger partial charge on any atom is 0.240 e. The standard InChI is InChI=1S/C12H22N2O3/c1-11(2)8(7-9(11)15)14-10(16)12(13)3-5-17-6-4-12/h8-9,15H,3-7,13H2,1-2H3,(H,14,16). The molecule has 2 rings (SSSR count). The summed E-state index contributed by atoms with van der Waals surface area (Å²) in [6.07, 6.45) is 1.41. The molecular formula is C12H22N2O3. The number of nitrogens with one attached hydrogen (secondary N) is 1. The van der Waals surface area contributed by atoms with Crippen LogP contribution >= 0.6 is 0 Å². The molecule has 0 radical (unpaired) electrons. The van der Waals surface area contributed by atoms with Crippen LogP contribution in [0.15, 0.2) is 0 Å². The van der Waals surface area contributed by atoms with Gasteiger partial charge in [-0.25, -0.2) is 0 Å². The average molecular weight is 242 g/mol. The molecule has 0 aromatic rings. The van der Waals surface area contributed by atoms with E-state index < -0.39 is 5.54 Å². The molecule has 1 saturated carbocycles. The molecule has 2 aliphatic rings. The molecule has 4 N–H and O–H groups in total. The normalized spacial score (nSPS) is 34.8. The molecule has 2 atom stereocenters. The summed E-state index contributed by atoms with van der Waals surface area (Å²) in [5.74, 6) is -0.106. The van der Waals surface area contributed by atoms with Crippen molar-refractivity contribution < 1.29 is 14.6 Å². The van der Waals surface area contributed by atoms with Crippen LogP contribution in [0.5, 0.6) is 0 Å². The first-order valence-electron chi connectivity index (χ1n) is 6.22. The Morgan fingerprint density at radius 2 is 2.00 bits per heavy atom. The Bertz CT molecular complexity index is 311. The van der Waals surface area contributed by atoms with Crippen molar-refractivity contribution in [3.05, 3.63) is 0 Å². The predicted molar refractivity (Wildman–Crippen MR) is 63.3 cm³/mol. The lowest BCUT2D eigenvalue weighted by atomic mass is 9.64. The van der Waals surface area contributed by atoms with E-state index in [0.29, 0.717) is 32.5 Å². The Labute approximate surface area is 102 Å². The number of hydrogen-bond acceptors (Lipinski definition) is 4. The lowest BCUT2D eigenvalue weighted by Crippen LogP contribution is -2.66. The smallest absolute Gasteiger partial charge is 0.240 e. The third-order valence-electron chi connectivity index (χ3n) is 4.36. The zero-order valence-corrected chi connectivity index (χ0v) is 10.5. The number of rotatable bonds is 2. The highest BCUT2D eigenvalue weighted by Gasteiger charge is 2.49. The van der Waals surface area contributed by atoms with Crippen LogP contribution in [0.25, 0.3) is 0 Å². The van der Waals surface area contributed by atoms with Crippen LogP contribution in [-0.2, 0) is 9.53 Å². The summed E-state index contributed by atoms with van der Waals surface area (Å²) in [7, 11) is 0. The number of aliphatic hydroxyl groups excluding tert-OH is 1. The van der Waals surface area contributed by atoms with Gasteiger partial charge in [-0.2, -0.15) is 0 Å². The van der Waals surface area contributed by atoms with Gasteiger partial charge in [0.25, 0.3) is 0 Å². The van der Waals surface area contributed by atoms with Crippen LogP contribution in [0.4, 0.5) is 0 Å². The van der Waals surface area contributed by atoms with E-state index in [-0.39, 0.29) is 23.5 Å². The predicted octanol–water partition coefficient (Wildman–Crippen LogP) is -0.230. The van der Waals surface area contributed by atoms with Gasteiger partial charge in [-0.3, -0.25) is 4.79 Å². The molecule has 1 aliphatic carbocycles. The lowest BCUT2D eigenvalue weighted by molar-refractivity contribution is -0.137. The number of aliphatic hydroxyl groups is 1. The maximum absolute atomic E-state index is 12.1. The number of ether oxygens (including phenoxy) is 1. The van der Waals surface area contributed by atoms with Crippen LogP contribution in [0, 0.1) is 5.41 Å². The summed E-state index contributed by atoms with van der Waals surface area (Å²) >= 11 is 0. The molecule has 1 heterocycles. The molecule has 5 nitrogen and oxygen atoms in total. The number of carbonyl (C=O) groups excluding carboxylic acids is 1. The van der Waals surface area contributed by atoms with Crippen molar-refractivity contribution in [1.29, 1.82) is 0 Å². The summed E-state index contributed by atoms with van der Waals surface area (Å²) in [5, 5.41) is 12.6. The second-order valence-corrected chi connectivity index (χ2v) is 5.87. The van der Waals surface area contributed by atoms with Crippen LogP contribution in [0.2, 0.25) is 0 Å². The Kier molecular flexibility index (Phi) is 3.18. The summed E-state index contributed by atoms with van der Waals surface area (Å²) in [6, 6.07) is 0.0215. The van der Waals surface area contributed by atoms with Crippen molar-refractivity contribution in [1.82, 2.24) is 5.32 Å². The second-order valence-electron chi connectivity index (χ2n) is 5.87. The lowest BCUT2D eigenvalue weighted by Gasteiger charge is -2.50. The van der Waals surface area contributed by atoms with E-state index in [1.165, 1.54) is 0 Å². The van der Waals surface area contributed by atoms with E-state index in [4.69, 9.17) is 10.5 Å². The van der Waals surface area contributed by atoms with Crippen molar-refractivity contribution in [2.45, 2.75) is 50.8 Å². The Hall–Kier alpha value is -0.650. The highest BCUT2D eigenvalue weighted by molar-refractivity contribution is 5.86. The van der Waals surface area contributed by atoms with Crippen molar-refractivity contribution in [3.63, 3.8) is 0 Å². The summed E-state index contributed by atoms with van der Waals surface area (Å²) in [4.78, 5) is 12.1. The van der Waals surface area contributed by atoms with Gasteiger partial charge >= 0.3 is 0 Å². The maximum atomic E-state index is 12.1. The Morgan fingerprint density at radius 1 is 1.41 bits per heavy atom. The molecule has 98 valence electrons. The highest BCUT2D eigenvalue weighted by atomic mass is 16.5. The first kappa shape index (κ1) is 12.8. The molecule has 1 aliphatic heterocycles. The minimum absolute atomic E-state index is 0.0215. The van der Waals surface area contributed by atoms with Crippen molar-refractivity contribution >= 4 is 5.91 Å². The van der Waals surface area contributed by atoms with Gasteiger partial charge < -0.3 is 20.9 Å². The minimum Gasteiger partial charge on any atom is -0.392 e. The number of carbonyl (C=O) groups is 1.